The number of hydrogen-bond donors (Lipinski definition) is 1. The van der Waals surface area contributed by atoms with Crippen LogP contribution in [0, 0.1) is 5.92 Å². The third-order valence-electron chi connectivity index (χ3n) is 5.18. The average Bonchev–Trinajstić information content (AvgIpc) is 2.76. The number of nitrogens with one attached hydrogen (secondary N) is 1. The molecule has 0 saturated carbocycles. The Balaban J connectivity index is 2.13. The average molecular weight is 425 g/mol. The van der Waals surface area contributed by atoms with Crippen LogP contribution in [0.4, 0.5) is 0 Å². The molecule has 168 valence electrons. The van der Waals surface area contributed by atoms with Crippen molar-refractivity contribution in [3.05, 3.63) is 65.7 Å². The van der Waals surface area contributed by atoms with E-state index >= 15 is 0 Å². The second-order valence-corrected chi connectivity index (χ2v) is 8.58. The molecule has 5 nitrogen and oxygen atoms in total. The van der Waals surface area contributed by atoms with Crippen molar-refractivity contribution >= 4 is 11.8 Å². The van der Waals surface area contributed by atoms with E-state index in [2.05, 4.69) is 19.2 Å². The summed E-state index contributed by atoms with van der Waals surface area (Å²) in [5.41, 5.74) is 2.20. The highest BCUT2D eigenvalue weighted by Gasteiger charge is 2.28. The van der Waals surface area contributed by atoms with Gasteiger partial charge in [0.1, 0.15) is 11.8 Å². The van der Waals surface area contributed by atoms with Crippen molar-refractivity contribution in [1.29, 1.82) is 0 Å². The Labute approximate surface area is 186 Å². The minimum absolute atomic E-state index is 0.109. The first-order valence-corrected chi connectivity index (χ1v) is 11.2. The summed E-state index contributed by atoms with van der Waals surface area (Å²) in [5.74, 6) is 1.10. The second-order valence-electron chi connectivity index (χ2n) is 8.58. The molecule has 2 rings (SSSR count). The zero-order valence-corrected chi connectivity index (χ0v) is 19.4. The van der Waals surface area contributed by atoms with Gasteiger partial charge in [0, 0.05) is 13.1 Å². The minimum Gasteiger partial charge on any atom is -0.484 e. The van der Waals surface area contributed by atoms with Crippen LogP contribution < -0.4 is 10.1 Å². The molecule has 0 unspecified atom stereocenters. The van der Waals surface area contributed by atoms with E-state index < -0.39 is 6.04 Å². The molecule has 0 bridgehead atoms. The number of nitrogens with zero attached hydrogens (tertiary/aromatic N) is 1. The maximum atomic E-state index is 13.2. The summed E-state index contributed by atoms with van der Waals surface area (Å²) < 4.78 is 5.77. The molecule has 0 saturated heterocycles. The van der Waals surface area contributed by atoms with Gasteiger partial charge >= 0.3 is 0 Å². The van der Waals surface area contributed by atoms with Gasteiger partial charge in [0.2, 0.25) is 5.91 Å². The second kappa shape index (κ2) is 12.1. The summed E-state index contributed by atoms with van der Waals surface area (Å²) >= 11 is 0. The number of rotatable bonds is 11. The molecular weight excluding hydrogens is 388 g/mol. The van der Waals surface area contributed by atoms with E-state index in [1.807, 2.05) is 75.4 Å². The fourth-order valence-corrected chi connectivity index (χ4v) is 3.30. The van der Waals surface area contributed by atoms with Crippen LogP contribution in [0.25, 0.3) is 0 Å². The quantitative estimate of drug-likeness (QED) is 0.565. The van der Waals surface area contributed by atoms with E-state index in [0.29, 0.717) is 37.1 Å². The van der Waals surface area contributed by atoms with Crippen molar-refractivity contribution in [3.8, 4) is 5.75 Å². The van der Waals surface area contributed by atoms with Gasteiger partial charge in [-0.25, -0.2) is 0 Å². The fraction of sp³-hybridized carbons (Fsp3) is 0.462. The third kappa shape index (κ3) is 7.74. The standard InChI is InChI=1S/C26H36N2O3/c1-6-24(26(30)27-16-19(2)3)28(17-21-10-8-7-9-11-21)25(29)18-31-23-14-12-22(13-15-23)20(4)5/h7-15,19-20,24H,6,16-18H2,1-5H3,(H,27,30)/t24-/m1/s1. The molecule has 0 aliphatic carbocycles. The lowest BCUT2D eigenvalue weighted by Crippen LogP contribution is -2.50. The maximum Gasteiger partial charge on any atom is 0.261 e. The molecule has 0 fully saturated rings. The Morgan fingerprint density at radius 2 is 1.61 bits per heavy atom. The minimum atomic E-state index is -0.543. The van der Waals surface area contributed by atoms with Gasteiger partial charge < -0.3 is 15.0 Å². The zero-order valence-electron chi connectivity index (χ0n) is 19.4. The lowest BCUT2D eigenvalue weighted by molar-refractivity contribution is -0.143. The Morgan fingerprint density at radius 1 is 0.968 bits per heavy atom. The van der Waals surface area contributed by atoms with Crippen LogP contribution in [0.2, 0.25) is 0 Å². The molecule has 0 heterocycles. The summed E-state index contributed by atoms with van der Waals surface area (Å²) in [6.07, 6.45) is 0.533. The van der Waals surface area contributed by atoms with Crippen LogP contribution in [-0.2, 0) is 16.1 Å². The molecule has 0 aromatic heterocycles. The smallest absolute Gasteiger partial charge is 0.261 e. The Morgan fingerprint density at radius 3 is 2.16 bits per heavy atom. The van der Waals surface area contributed by atoms with Crippen molar-refractivity contribution in [2.24, 2.45) is 5.92 Å². The predicted molar refractivity (Wildman–Crippen MR) is 125 cm³/mol. The molecule has 0 aliphatic rings. The lowest BCUT2D eigenvalue weighted by atomic mass is 10.0. The summed E-state index contributed by atoms with van der Waals surface area (Å²) in [5, 5.41) is 2.97. The first kappa shape index (κ1) is 24.4. The van der Waals surface area contributed by atoms with Gasteiger partial charge in [0.25, 0.3) is 5.91 Å². The van der Waals surface area contributed by atoms with Crippen LogP contribution in [0.15, 0.2) is 54.6 Å². The zero-order chi connectivity index (χ0) is 22.8. The molecule has 1 atom stereocenters. The SMILES string of the molecule is CC[C@H](C(=O)NCC(C)C)N(Cc1ccccc1)C(=O)COc1ccc(C(C)C)cc1. The molecule has 0 spiro atoms. The molecule has 2 aromatic rings. The topological polar surface area (TPSA) is 58.6 Å². The van der Waals surface area contributed by atoms with Gasteiger partial charge in [-0.2, -0.15) is 0 Å². The van der Waals surface area contributed by atoms with Gasteiger partial charge in [-0.1, -0.05) is 77.1 Å². The van der Waals surface area contributed by atoms with E-state index in [-0.39, 0.29) is 18.4 Å². The number of amides is 2. The number of carbonyl (C=O) groups is 2. The highest BCUT2D eigenvalue weighted by Crippen LogP contribution is 2.19. The Kier molecular flexibility index (Phi) is 9.57. The van der Waals surface area contributed by atoms with Crippen molar-refractivity contribution in [2.45, 2.75) is 59.5 Å². The monoisotopic (exact) mass is 424 g/mol. The van der Waals surface area contributed by atoms with Gasteiger partial charge in [-0.05, 0) is 41.5 Å². The normalized spacial score (nSPS) is 12.0. The van der Waals surface area contributed by atoms with E-state index in [1.54, 1.807) is 4.90 Å². The van der Waals surface area contributed by atoms with Crippen molar-refractivity contribution in [1.82, 2.24) is 10.2 Å². The van der Waals surface area contributed by atoms with Crippen molar-refractivity contribution in [3.63, 3.8) is 0 Å². The van der Waals surface area contributed by atoms with Crippen molar-refractivity contribution in [2.75, 3.05) is 13.2 Å². The molecule has 31 heavy (non-hydrogen) atoms. The largest absolute Gasteiger partial charge is 0.484 e. The molecule has 0 radical (unpaired) electrons. The van der Waals surface area contributed by atoms with E-state index in [1.165, 1.54) is 5.56 Å². The predicted octanol–water partition coefficient (Wildman–Crippen LogP) is 4.77. The van der Waals surface area contributed by atoms with Gasteiger partial charge in [-0.3, -0.25) is 9.59 Å². The third-order valence-corrected chi connectivity index (χ3v) is 5.18. The number of carbonyl (C=O) groups excluding carboxylic acids is 2. The van der Waals surface area contributed by atoms with Crippen LogP contribution >= 0.6 is 0 Å². The van der Waals surface area contributed by atoms with E-state index in [4.69, 9.17) is 4.74 Å². The van der Waals surface area contributed by atoms with E-state index in [0.717, 1.165) is 5.56 Å². The van der Waals surface area contributed by atoms with Gasteiger partial charge in [-0.15, -0.1) is 0 Å². The highest BCUT2D eigenvalue weighted by atomic mass is 16.5. The molecule has 1 N–H and O–H groups in total. The molecule has 0 aliphatic heterocycles. The summed E-state index contributed by atoms with van der Waals surface area (Å²) in [4.78, 5) is 27.6. The Hall–Kier alpha value is -2.82. The Bertz CT molecular complexity index is 816. The number of ether oxygens (including phenoxy) is 1. The highest BCUT2D eigenvalue weighted by molar-refractivity contribution is 5.88. The first-order chi connectivity index (χ1) is 14.8. The van der Waals surface area contributed by atoms with Gasteiger partial charge in [0.15, 0.2) is 6.61 Å². The van der Waals surface area contributed by atoms with E-state index in [9.17, 15) is 9.59 Å². The van der Waals surface area contributed by atoms with Crippen LogP contribution in [0.1, 0.15) is 58.1 Å². The van der Waals surface area contributed by atoms with Crippen LogP contribution in [-0.4, -0.2) is 35.9 Å². The molecule has 2 aromatic carbocycles. The van der Waals surface area contributed by atoms with Crippen LogP contribution in [0.3, 0.4) is 0 Å². The van der Waals surface area contributed by atoms with Crippen molar-refractivity contribution < 1.29 is 14.3 Å². The lowest BCUT2D eigenvalue weighted by Gasteiger charge is -2.30. The van der Waals surface area contributed by atoms with Gasteiger partial charge in [0.05, 0.1) is 0 Å². The first-order valence-electron chi connectivity index (χ1n) is 11.2. The summed E-state index contributed by atoms with van der Waals surface area (Å²) in [6, 6.07) is 17.0. The number of benzene rings is 2. The summed E-state index contributed by atoms with van der Waals surface area (Å²) in [6.45, 7) is 11.1. The fourth-order valence-electron chi connectivity index (χ4n) is 3.30. The number of hydrogen-bond acceptors (Lipinski definition) is 3. The maximum absolute atomic E-state index is 13.2. The molecule has 5 heteroatoms. The molecule has 2 amide bonds. The summed E-state index contributed by atoms with van der Waals surface area (Å²) in [7, 11) is 0. The molecular formula is C26H36N2O3. The van der Waals surface area contributed by atoms with Crippen LogP contribution in [0.5, 0.6) is 5.75 Å².